The highest BCUT2D eigenvalue weighted by molar-refractivity contribution is 5.07. The number of nitrogens with zero attached hydrogens (tertiary/aromatic N) is 1. The molecule has 0 spiro atoms. The Morgan fingerprint density at radius 3 is 2.56 bits per heavy atom. The zero-order chi connectivity index (χ0) is 13.6. The van der Waals surface area contributed by atoms with E-state index in [4.69, 9.17) is 9.47 Å². The van der Waals surface area contributed by atoms with Crippen LogP contribution in [0.2, 0.25) is 0 Å². The van der Waals surface area contributed by atoms with Gasteiger partial charge < -0.3 is 9.47 Å². The lowest BCUT2D eigenvalue weighted by Gasteiger charge is -2.28. The van der Waals surface area contributed by atoms with Crippen molar-refractivity contribution in [3.05, 3.63) is 0 Å². The maximum atomic E-state index is 9.29. The van der Waals surface area contributed by atoms with E-state index in [1.165, 1.54) is 12.8 Å². The highest BCUT2D eigenvalue weighted by atomic mass is 16.5. The molecule has 1 N–H and O–H groups in total. The molecule has 1 aliphatic carbocycles. The first-order valence-corrected chi connectivity index (χ1v) is 6.91. The lowest BCUT2D eigenvalue weighted by atomic mass is 9.96. The van der Waals surface area contributed by atoms with Crippen LogP contribution < -0.4 is 5.32 Å². The van der Waals surface area contributed by atoms with Crippen LogP contribution in [0.1, 0.15) is 47.0 Å². The van der Waals surface area contributed by atoms with Crippen LogP contribution >= 0.6 is 0 Å². The predicted octanol–water partition coefficient (Wildman–Crippen LogP) is 2.24. The van der Waals surface area contributed by atoms with Crippen molar-refractivity contribution in [1.29, 1.82) is 5.26 Å². The van der Waals surface area contributed by atoms with Crippen molar-refractivity contribution in [3.63, 3.8) is 0 Å². The molecule has 0 bridgehead atoms. The summed E-state index contributed by atoms with van der Waals surface area (Å²) in [6, 6.07) is 2.91. The van der Waals surface area contributed by atoms with E-state index < -0.39 is 5.54 Å². The molecule has 4 heteroatoms. The van der Waals surface area contributed by atoms with Gasteiger partial charge in [0.15, 0.2) is 0 Å². The second-order valence-electron chi connectivity index (χ2n) is 5.48. The molecule has 0 saturated heterocycles. The van der Waals surface area contributed by atoms with E-state index >= 15 is 0 Å². The average Bonchev–Trinajstić information content (AvgIpc) is 3.09. The zero-order valence-electron chi connectivity index (χ0n) is 12.0. The van der Waals surface area contributed by atoms with Crippen LogP contribution in [0.15, 0.2) is 0 Å². The van der Waals surface area contributed by atoms with Gasteiger partial charge in [0.1, 0.15) is 5.54 Å². The summed E-state index contributed by atoms with van der Waals surface area (Å²) < 4.78 is 11.2. The third kappa shape index (κ3) is 5.81. The van der Waals surface area contributed by atoms with E-state index in [0.29, 0.717) is 25.7 Å². The van der Waals surface area contributed by atoms with Crippen molar-refractivity contribution in [3.8, 4) is 6.07 Å². The summed E-state index contributed by atoms with van der Waals surface area (Å²) in [5.41, 5.74) is -0.480. The molecule has 0 heterocycles. The highest BCUT2D eigenvalue weighted by Crippen LogP contribution is 2.25. The van der Waals surface area contributed by atoms with Crippen LogP contribution in [0.5, 0.6) is 0 Å². The second-order valence-corrected chi connectivity index (χ2v) is 5.48. The van der Waals surface area contributed by atoms with Gasteiger partial charge in [0.2, 0.25) is 0 Å². The number of rotatable bonds is 9. The monoisotopic (exact) mass is 254 g/mol. The van der Waals surface area contributed by atoms with E-state index in [-0.39, 0.29) is 12.2 Å². The van der Waals surface area contributed by atoms with Crippen molar-refractivity contribution >= 4 is 0 Å². The fourth-order valence-corrected chi connectivity index (χ4v) is 2.16. The minimum Gasteiger partial charge on any atom is -0.379 e. The Morgan fingerprint density at radius 1 is 1.39 bits per heavy atom. The molecule has 3 unspecified atom stereocenters. The van der Waals surface area contributed by atoms with Crippen LogP contribution in [0, 0.1) is 11.3 Å². The summed E-state index contributed by atoms with van der Waals surface area (Å²) in [4.78, 5) is 0. The van der Waals surface area contributed by atoms with Gasteiger partial charge in [-0.25, -0.2) is 0 Å². The second kappa shape index (κ2) is 7.08. The molecule has 1 rings (SSSR count). The largest absolute Gasteiger partial charge is 0.379 e. The SMILES string of the molecule is CCOCC(C)OC(C)CC(C)(C#N)NC1CC1. The fourth-order valence-electron chi connectivity index (χ4n) is 2.16. The molecule has 0 amide bonds. The molecule has 0 radical (unpaired) electrons. The van der Waals surface area contributed by atoms with Crippen molar-refractivity contribution in [2.75, 3.05) is 13.2 Å². The maximum absolute atomic E-state index is 9.29. The Hall–Kier alpha value is -0.630. The summed E-state index contributed by atoms with van der Waals surface area (Å²) in [5.74, 6) is 0. The van der Waals surface area contributed by atoms with Gasteiger partial charge in [-0.2, -0.15) is 5.26 Å². The molecule has 0 aromatic carbocycles. The van der Waals surface area contributed by atoms with Gasteiger partial charge >= 0.3 is 0 Å². The molecular weight excluding hydrogens is 228 g/mol. The first kappa shape index (κ1) is 15.4. The first-order valence-electron chi connectivity index (χ1n) is 6.91. The molecule has 1 fully saturated rings. The van der Waals surface area contributed by atoms with Gasteiger partial charge in [-0.3, -0.25) is 5.32 Å². The standard InChI is InChI=1S/C14H26N2O2/c1-5-17-9-12(3)18-11(2)8-14(4,10-15)16-13-6-7-13/h11-13,16H,5-9H2,1-4H3. The van der Waals surface area contributed by atoms with Crippen LogP contribution in [0.4, 0.5) is 0 Å². The predicted molar refractivity (Wildman–Crippen MR) is 71.3 cm³/mol. The summed E-state index contributed by atoms with van der Waals surface area (Å²) in [7, 11) is 0. The number of nitriles is 1. The van der Waals surface area contributed by atoms with Gasteiger partial charge in [0.25, 0.3) is 0 Å². The molecule has 0 aromatic rings. The van der Waals surface area contributed by atoms with Crippen LogP contribution in [0.25, 0.3) is 0 Å². The summed E-state index contributed by atoms with van der Waals surface area (Å²) in [6.45, 7) is 9.28. The number of nitrogens with one attached hydrogen (secondary N) is 1. The third-order valence-electron chi connectivity index (χ3n) is 3.06. The molecule has 1 saturated carbocycles. The summed E-state index contributed by atoms with van der Waals surface area (Å²) >= 11 is 0. The smallest absolute Gasteiger partial charge is 0.106 e. The van der Waals surface area contributed by atoms with E-state index in [0.717, 1.165) is 0 Å². The van der Waals surface area contributed by atoms with Gasteiger partial charge in [-0.05, 0) is 40.5 Å². The van der Waals surface area contributed by atoms with Crippen molar-refractivity contribution in [2.24, 2.45) is 0 Å². The molecule has 3 atom stereocenters. The van der Waals surface area contributed by atoms with Crippen molar-refractivity contribution in [1.82, 2.24) is 5.32 Å². The molecule has 104 valence electrons. The van der Waals surface area contributed by atoms with Crippen LogP contribution in [-0.4, -0.2) is 37.0 Å². The summed E-state index contributed by atoms with van der Waals surface area (Å²) in [5, 5.41) is 12.7. The van der Waals surface area contributed by atoms with Crippen molar-refractivity contribution in [2.45, 2.75) is 70.7 Å². The molecule has 0 aromatic heterocycles. The van der Waals surface area contributed by atoms with Crippen LogP contribution in [-0.2, 0) is 9.47 Å². The molecule has 18 heavy (non-hydrogen) atoms. The molecule has 0 aliphatic heterocycles. The first-order chi connectivity index (χ1) is 8.49. The Morgan fingerprint density at radius 2 is 2.06 bits per heavy atom. The highest BCUT2D eigenvalue weighted by Gasteiger charge is 2.34. The minimum absolute atomic E-state index is 0.0522. The normalized spacial score (nSPS) is 21.9. The van der Waals surface area contributed by atoms with Gasteiger partial charge in [0.05, 0.1) is 24.9 Å². The Kier molecular flexibility index (Phi) is 6.07. The fraction of sp³-hybridized carbons (Fsp3) is 0.929. The minimum atomic E-state index is -0.480. The quantitative estimate of drug-likeness (QED) is 0.685. The third-order valence-corrected chi connectivity index (χ3v) is 3.06. The number of hydrogen-bond donors (Lipinski definition) is 1. The molecule has 4 nitrogen and oxygen atoms in total. The molecular formula is C14H26N2O2. The van der Waals surface area contributed by atoms with Gasteiger partial charge in [0, 0.05) is 19.1 Å². The Labute approximate surface area is 111 Å². The zero-order valence-corrected chi connectivity index (χ0v) is 12.0. The number of ether oxygens (including phenoxy) is 2. The van der Waals surface area contributed by atoms with E-state index in [1.807, 2.05) is 27.7 Å². The van der Waals surface area contributed by atoms with E-state index in [1.54, 1.807) is 0 Å². The Balaban J connectivity index is 2.31. The molecule has 1 aliphatic rings. The van der Waals surface area contributed by atoms with Gasteiger partial charge in [-0.15, -0.1) is 0 Å². The average molecular weight is 254 g/mol. The maximum Gasteiger partial charge on any atom is 0.106 e. The van der Waals surface area contributed by atoms with E-state index in [2.05, 4.69) is 11.4 Å². The van der Waals surface area contributed by atoms with E-state index in [9.17, 15) is 5.26 Å². The van der Waals surface area contributed by atoms with Crippen molar-refractivity contribution < 1.29 is 9.47 Å². The summed E-state index contributed by atoms with van der Waals surface area (Å²) in [6.07, 6.45) is 3.21. The number of hydrogen-bond acceptors (Lipinski definition) is 4. The topological polar surface area (TPSA) is 54.3 Å². The van der Waals surface area contributed by atoms with Crippen LogP contribution in [0.3, 0.4) is 0 Å². The Bertz CT molecular complexity index is 286. The van der Waals surface area contributed by atoms with Gasteiger partial charge in [-0.1, -0.05) is 0 Å². The lowest BCUT2D eigenvalue weighted by Crippen LogP contribution is -2.45. The lowest BCUT2D eigenvalue weighted by molar-refractivity contribution is -0.0471.